The first-order valence-electron chi connectivity index (χ1n) is 11.7. The van der Waals surface area contributed by atoms with Gasteiger partial charge in [0.05, 0.1) is 28.0 Å². The molecule has 0 aliphatic heterocycles. The van der Waals surface area contributed by atoms with Gasteiger partial charge in [-0.15, -0.1) is 0 Å². The highest BCUT2D eigenvalue weighted by Crippen LogP contribution is 2.32. The van der Waals surface area contributed by atoms with Gasteiger partial charge in [0.1, 0.15) is 5.60 Å². The number of aryl methyl sites for hydroxylation is 1. The van der Waals surface area contributed by atoms with Gasteiger partial charge in [-0.05, 0) is 70.4 Å². The molecule has 0 fully saturated rings. The van der Waals surface area contributed by atoms with E-state index in [0.717, 1.165) is 12.1 Å². The Morgan fingerprint density at radius 3 is 2.17 bits per heavy atom. The first-order valence-corrected chi connectivity index (χ1v) is 11.7. The largest absolute Gasteiger partial charge is 0.460 e. The zero-order chi connectivity index (χ0) is 26.7. The van der Waals surface area contributed by atoms with Crippen LogP contribution < -0.4 is 0 Å². The third-order valence-electron chi connectivity index (χ3n) is 5.34. The Kier molecular flexibility index (Phi) is 8.01. The van der Waals surface area contributed by atoms with Crippen molar-refractivity contribution in [3.05, 3.63) is 59.3 Å². The molecule has 0 saturated carbocycles. The van der Waals surface area contributed by atoms with Crippen LogP contribution in [0.25, 0.3) is 22.3 Å². The molecule has 6 nitrogen and oxygen atoms in total. The summed E-state index contributed by atoms with van der Waals surface area (Å²) in [5, 5.41) is 0. The Morgan fingerprint density at radius 2 is 1.58 bits per heavy atom. The minimum atomic E-state index is -4.44. The van der Waals surface area contributed by atoms with Gasteiger partial charge in [0.2, 0.25) is 0 Å². The van der Waals surface area contributed by atoms with Crippen molar-refractivity contribution < 1.29 is 27.5 Å². The summed E-state index contributed by atoms with van der Waals surface area (Å²) in [6.07, 6.45) is -2.58. The van der Waals surface area contributed by atoms with Gasteiger partial charge in [-0.1, -0.05) is 12.1 Å². The second kappa shape index (κ2) is 10.6. The Morgan fingerprint density at radius 1 is 0.917 bits per heavy atom. The third kappa shape index (κ3) is 7.02. The van der Waals surface area contributed by atoms with E-state index in [0.29, 0.717) is 52.8 Å². The van der Waals surface area contributed by atoms with Crippen molar-refractivity contribution in [2.24, 2.45) is 0 Å². The summed E-state index contributed by atoms with van der Waals surface area (Å²) in [4.78, 5) is 35.3. The zero-order valence-corrected chi connectivity index (χ0v) is 21.1. The summed E-state index contributed by atoms with van der Waals surface area (Å²) in [7, 11) is 3.31. The van der Waals surface area contributed by atoms with Crippen molar-refractivity contribution in [2.45, 2.75) is 58.2 Å². The van der Waals surface area contributed by atoms with Gasteiger partial charge in [0.15, 0.2) is 0 Å². The Balaban J connectivity index is 1.92. The lowest BCUT2D eigenvalue weighted by atomic mass is 10.0. The SMILES string of the molecule is CN(C)C(=O)c1ccc2nc(-c3ccc(C(F)(F)F)cc3)c(CCCCC(=O)OC(C)(C)C)nc2c1. The van der Waals surface area contributed by atoms with E-state index in [4.69, 9.17) is 9.72 Å². The van der Waals surface area contributed by atoms with Crippen LogP contribution in [0.4, 0.5) is 13.2 Å². The Bertz CT molecular complexity index is 1250. The van der Waals surface area contributed by atoms with Crippen molar-refractivity contribution in [3.8, 4) is 11.3 Å². The molecule has 2 aromatic carbocycles. The van der Waals surface area contributed by atoms with Gasteiger partial charge in [-0.2, -0.15) is 13.2 Å². The maximum atomic E-state index is 13.0. The second-order valence-corrected chi connectivity index (χ2v) is 9.79. The highest BCUT2D eigenvalue weighted by Gasteiger charge is 2.30. The molecule has 0 aliphatic carbocycles. The van der Waals surface area contributed by atoms with E-state index in [9.17, 15) is 22.8 Å². The minimum Gasteiger partial charge on any atom is -0.460 e. The molecule has 0 bridgehead atoms. The number of rotatable bonds is 7. The number of carbonyl (C=O) groups is 2. The summed E-state index contributed by atoms with van der Waals surface area (Å²) >= 11 is 0. The number of nitrogens with zero attached hydrogens (tertiary/aromatic N) is 3. The average molecular weight is 502 g/mol. The predicted molar refractivity (Wildman–Crippen MR) is 131 cm³/mol. The van der Waals surface area contributed by atoms with Crippen LogP contribution in [0.5, 0.6) is 0 Å². The van der Waals surface area contributed by atoms with E-state index >= 15 is 0 Å². The highest BCUT2D eigenvalue weighted by molar-refractivity contribution is 5.97. The van der Waals surface area contributed by atoms with Crippen LogP contribution in [0.3, 0.4) is 0 Å². The number of benzene rings is 2. The first-order chi connectivity index (χ1) is 16.7. The number of hydrogen-bond acceptors (Lipinski definition) is 5. The number of amides is 1. The Labute approximate surface area is 208 Å². The number of unbranched alkanes of at least 4 members (excludes halogenated alkanes) is 1. The van der Waals surface area contributed by atoms with Crippen molar-refractivity contribution >= 4 is 22.9 Å². The summed E-state index contributed by atoms with van der Waals surface area (Å²) in [5.41, 5.74) is 1.76. The van der Waals surface area contributed by atoms with Gasteiger partial charge < -0.3 is 9.64 Å². The quantitative estimate of drug-likeness (QED) is 0.290. The van der Waals surface area contributed by atoms with Gasteiger partial charge >= 0.3 is 12.1 Å². The molecule has 0 N–H and O–H groups in total. The highest BCUT2D eigenvalue weighted by atomic mass is 19.4. The monoisotopic (exact) mass is 501 g/mol. The molecular weight excluding hydrogens is 471 g/mol. The number of halogens is 3. The fourth-order valence-electron chi connectivity index (χ4n) is 3.66. The summed E-state index contributed by atoms with van der Waals surface area (Å²) in [6, 6.07) is 9.79. The molecule has 0 saturated heterocycles. The van der Waals surface area contributed by atoms with Crippen molar-refractivity contribution in [1.82, 2.24) is 14.9 Å². The molecule has 0 atom stereocenters. The van der Waals surface area contributed by atoms with E-state index in [1.807, 2.05) is 0 Å². The van der Waals surface area contributed by atoms with E-state index in [1.165, 1.54) is 17.0 Å². The van der Waals surface area contributed by atoms with Crippen LogP contribution in [0.2, 0.25) is 0 Å². The fraction of sp³-hybridized carbons (Fsp3) is 0.407. The lowest BCUT2D eigenvalue weighted by molar-refractivity contribution is -0.155. The predicted octanol–water partition coefficient (Wildman–Crippen LogP) is 6.07. The molecular formula is C27H30F3N3O3. The number of hydrogen-bond donors (Lipinski definition) is 0. The molecule has 192 valence electrons. The topological polar surface area (TPSA) is 72.4 Å². The van der Waals surface area contributed by atoms with Gasteiger partial charge in [-0.25, -0.2) is 9.97 Å². The molecule has 0 aliphatic rings. The van der Waals surface area contributed by atoms with E-state index in [-0.39, 0.29) is 18.3 Å². The van der Waals surface area contributed by atoms with Crippen molar-refractivity contribution in [1.29, 1.82) is 0 Å². The van der Waals surface area contributed by atoms with Crippen LogP contribution in [0, 0.1) is 0 Å². The molecule has 3 rings (SSSR count). The van der Waals surface area contributed by atoms with E-state index in [1.54, 1.807) is 53.1 Å². The number of alkyl halides is 3. The molecule has 1 aromatic heterocycles. The van der Waals surface area contributed by atoms with Crippen molar-refractivity contribution in [2.75, 3.05) is 14.1 Å². The molecule has 1 heterocycles. The van der Waals surface area contributed by atoms with Crippen molar-refractivity contribution in [3.63, 3.8) is 0 Å². The first kappa shape index (κ1) is 27.1. The lowest BCUT2D eigenvalue weighted by Gasteiger charge is -2.19. The number of carbonyl (C=O) groups excluding carboxylic acids is 2. The summed E-state index contributed by atoms with van der Waals surface area (Å²) in [5.74, 6) is -0.466. The number of aromatic nitrogens is 2. The van der Waals surface area contributed by atoms with Gasteiger partial charge in [-0.3, -0.25) is 9.59 Å². The van der Waals surface area contributed by atoms with Gasteiger partial charge in [0.25, 0.3) is 5.91 Å². The number of ether oxygens (including phenoxy) is 1. The van der Waals surface area contributed by atoms with Crippen LogP contribution in [-0.2, 0) is 22.1 Å². The number of fused-ring (bicyclic) bond motifs is 1. The number of esters is 1. The normalized spacial score (nSPS) is 12.0. The summed E-state index contributed by atoms with van der Waals surface area (Å²) in [6.45, 7) is 5.42. The maximum absolute atomic E-state index is 13.0. The minimum absolute atomic E-state index is 0.176. The molecule has 36 heavy (non-hydrogen) atoms. The average Bonchev–Trinajstić information content (AvgIpc) is 2.78. The molecule has 0 unspecified atom stereocenters. The molecule has 0 spiro atoms. The van der Waals surface area contributed by atoms with E-state index < -0.39 is 17.3 Å². The standard InChI is InChI=1S/C27H30F3N3O3/c1-26(2,3)36-23(34)9-7-6-8-21-24(17-10-13-19(14-11-17)27(28,29)30)32-20-15-12-18(16-22(20)31-21)25(35)33(4)5/h10-16H,6-9H2,1-5H3. The Hall–Kier alpha value is -3.49. The fourth-order valence-corrected chi connectivity index (χ4v) is 3.66. The third-order valence-corrected chi connectivity index (χ3v) is 5.34. The second-order valence-electron chi connectivity index (χ2n) is 9.79. The maximum Gasteiger partial charge on any atom is 0.416 e. The molecule has 1 amide bonds. The molecule has 9 heteroatoms. The lowest BCUT2D eigenvalue weighted by Crippen LogP contribution is -2.23. The van der Waals surface area contributed by atoms with Crippen LogP contribution in [-0.4, -0.2) is 46.4 Å². The molecule has 3 aromatic rings. The zero-order valence-electron chi connectivity index (χ0n) is 21.1. The molecule has 0 radical (unpaired) electrons. The van der Waals surface area contributed by atoms with Gasteiger partial charge in [0, 0.05) is 31.6 Å². The van der Waals surface area contributed by atoms with Crippen LogP contribution in [0.1, 0.15) is 61.6 Å². The van der Waals surface area contributed by atoms with E-state index in [2.05, 4.69) is 4.98 Å². The summed E-state index contributed by atoms with van der Waals surface area (Å²) < 4.78 is 44.5. The smallest absolute Gasteiger partial charge is 0.416 e. The van der Waals surface area contributed by atoms with Crippen LogP contribution >= 0.6 is 0 Å². The van der Waals surface area contributed by atoms with Crippen LogP contribution in [0.15, 0.2) is 42.5 Å².